The van der Waals surface area contributed by atoms with Crippen LogP contribution in [0.15, 0.2) is 18.2 Å². The summed E-state index contributed by atoms with van der Waals surface area (Å²) in [6.45, 7) is 0. The Bertz CT molecular complexity index is 610. The summed E-state index contributed by atoms with van der Waals surface area (Å²) in [5.41, 5.74) is -2.55. The molecule has 19 heavy (non-hydrogen) atoms. The van der Waals surface area contributed by atoms with Crippen LogP contribution in [0.25, 0.3) is 0 Å². The molecule has 1 saturated heterocycles. The molecule has 0 spiro atoms. The maximum atomic E-state index is 13.3. The Hall–Kier alpha value is -1.92. The molecule has 1 aliphatic carbocycles. The average Bonchev–Trinajstić information content (AvgIpc) is 2.98. The molecule has 1 aliphatic heterocycles. The average molecular weight is 273 g/mol. The van der Waals surface area contributed by atoms with Crippen LogP contribution in [-0.2, 0) is 21.2 Å². The molecular weight excluding hydrogens is 266 g/mol. The summed E-state index contributed by atoms with van der Waals surface area (Å²) in [7, 11) is 0. The van der Waals surface area contributed by atoms with Gasteiger partial charge in [-0.1, -0.05) is 0 Å². The van der Waals surface area contributed by atoms with Gasteiger partial charge in [-0.2, -0.15) is 13.2 Å². The Morgan fingerprint density at radius 1 is 1.21 bits per heavy atom. The fourth-order valence-corrected chi connectivity index (χ4v) is 2.60. The standard InChI is InChI=1S/C12H7F4NO2/c13-7-2-5(1-6(3-7)12(14,15)16)11-4-8(11)9(18)17-10(11)19/h1-3,8H,4H2,(H,17,18,19)/t8-,11+/m0/s1. The predicted molar refractivity (Wildman–Crippen MR) is 54.3 cm³/mol. The first kappa shape index (κ1) is 12.1. The van der Waals surface area contributed by atoms with E-state index in [1.165, 1.54) is 0 Å². The molecule has 2 atom stereocenters. The second-order valence-electron chi connectivity index (χ2n) is 4.77. The molecule has 1 N–H and O–H groups in total. The zero-order chi connectivity index (χ0) is 14.0. The number of amides is 2. The topological polar surface area (TPSA) is 46.2 Å². The van der Waals surface area contributed by atoms with Crippen LogP contribution in [0, 0.1) is 11.7 Å². The third-order valence-electron chi connectivity index (χ3n) is 3.66. The number of carbonyl (C=O) groups excluding carboxylic acids is 2. The largest absolute Gasteiger partial charge is 0.416 e. The molecule has 2 amide bonds. The van der Waals surface area contributed by atoms with Gasteiger partial charge in [0, 0.05) is 0 Å². The van der Waals surface area contributed by atoms with Crippen molar-refractivity contribution in [3.05, 3.63) is 35.1 Å². The molecule has 3 rings (SSSR count). The van der Waals surface area contributed by atoms with Gasteiger partial charge in [0.2, 0.25) is 11.8 Å². The van der Waals surface area contributed by atoms with Crippen LogP contribution < -0.4 is 5.32 Å². The lowest BCUT2D eigenvalue weighted by Crippen LogP contribution is -2.30. The molecule has 3 nitrogen and oxygen atoms in total. The number of carbonyl (C=O) groups is 2. The Morgan fingerprint density at radius 3 is 2.37 bits per heavy atom. The summed E-state index contributed by atoms with van der Waals surface area (Å²) in [6.07, 6.45) is -4.56. The maximum absolute atomic E-state index is 13.3. The summed E-state index contributed by atoms with van der Waals surface area (Å²) < 4.78 is 51.1. The third kappa shape index (κ3) is 1.57. The van der Waals surface area contributed by atoms with Crippen molar-refractivity contribution in [3.63, 3.8) is 0 Å². The van der Waals surface area contributed by atoms with Crippen LogP contribution in [0.5, 0.6) is 0 Å². The van der Waals surface area contributed by atoms with E-state index in [1.807, 2.05) is 0 Å². The van der Waals surface area contributed by atoms with Gasteiger partial charge in [0.05, 0.1) is 16.9 Å². The van der Waals surface area contributed by atoms with Crippen molar-refractivity contribution in [3.8, 4) is 0 Å². The number of piperidine rings is 1. The summed E-state index contributed by atoms with van der Waals surface area (Å²) >= 11 is 0. The zero-order valence-corrected chi connectivity index (χ0v) is 9.34. The van der Waals surface area contributed by atoms with Crippen molar-refractivity contribution in [1.82, 2.24) is 5.32 Å². The highest BCUT2D eigenvalue weighted by Gasteiger charge is 2.69. The number of alkyl halides is 3. The van der Waals surface area contributed by atoms with Gasteiger partial charge in [-0.3, -0.25) is 14.9 Å². The van der Waals surface area contributed by atoms with E-state index in [0.29, 0.717) is 6.07 Å². The van der Waals surface area contributed by atoms with E-state index >= 15 is 0 Å². The zero-order valence-electron chi connectivity index (χ0n) is 9.34. The summed E-state index contributed by atoms with van der Waals surface area (Å²) in [5.74, 6) is -2.91. The lowest BCUT2D eigenvalue weighted by molar-refractivity contribution is -0.138. The predicted octanol–water partition coefficient (Wildman–Crippen LogP) is 1.76. The highest BCUT2D eigenvalue weighted by molar-refractivity contribution is 6.15. The Kier molecular flexibility index (Phi) is 2.13. The number of nitrogens with one attached hydrogen (secondary N) is 1. The smallest absolute Gasteiger partial charge is 0.295 e. The molecule has 1 aromatic carbocycles. The number of imide groups is 1. The lowest BCUT2D eigenvalue weighted by Gasteiger charge is -2.14. The van der Waals surface area contributed by atoms with Gasteiger partial charge in [-0.15, -0.1) is 0 Å². The number of hydrogen-bond acceptors (Lipinski definition) is 2. The van der Waals surface area contributed by atoms with E-state index < -0.39 is 40.7 Å². The minimum Gasteiger partial charge on any atom is -0.295 e. The number of rotatable bonds is 1. The summed E-state index contributed by atoms with van der Waals surface area (Å²) in [5, 5.41) is 2.05. The van der Waals surface area contributed by atoms with Gasteiger partial charge in [-0.05, 0) is 30.2 Å². The number of fused-ring (bicyclic) bond motifs is 1. The van der Waals surface area contributed by atoms with E-state index in [0.717, 1.165) is 12.1 Å². The van der Waals surface area contributed by atoms with Gasteiger partial charge >= 0.3 is 6.18 Å². The molecule has 2 fully saturated rings. The first-order valence-corrected chi connectivity index (χ1v) is 5.49. The Morgan fingerprint density at radius 2 is 1.89 bits per heavy atom. The molecule has 100 valence electrons. The maximum Gasteiger partial charge on any atom is 0.416 e. The van der Waals surface area contributed by atoms with E-state index in [-0.39, 0.29) is 12.0 Å². The molecule has 0 unspecified atom stereocenters. The van der Waals surface area contributed by atoms with Crippen LogP contribution in [0.2, 0.25) is 0 Å². The van der Waals surface area contributed by atoms with E-state index in [2.05, 4.69) is 5.32 Å². The van der Waals surface area contributed by atoms with Crippen LogP contribution in [0.1, 0.15) is 17.5 Å². The molecule has 0 bridgehead atoms. The van der Waals surface area contributed by atoms with Crippen molar-refractivity contribution in [2.75, 3.05) is 0 Å². The molecule has 1 saturated carbocycles. The second kappa shape index (κ2) is 3.34. The van der Waals surface area contributed by atoms with Crippen molar-refractivity contribution in [2.24, 2.45) is 5.92 Å². The highest BCUT2D eigenvalue weighted by atomic mass is 19.4. The van der Waals surface area contributed by atoms with Crippen molar-refractivity contribution in [1.29, 1.82) is 0 Å². The molecule has 0 aromatic heterocycles. The molecule has 1 aromatic rings. The molecule has 0 radical (unpaired) electrons. The van der Waals surface area contributed by atoms with Gasteiger partial charge < -0.3 is 0 Å². The van der Waals surface area contributed by atoms with Crippen LogP contribution in [-0.4, -0.2) is 11.8 Å². The molecule has 2 aliphatic rings. The van der Waals surface area contributed by atoms with Crippen molar-refractivity contribution < 1.29 is 27.2 Å². The number of halogens is 4. The first-order valence-electron chi connectivity index (χ1n) is 5.49. The third-order valence-corrected chi connectivity index (χ3v) is 3.66. The number of benzene rings is 1. The SMILES string of the molecule is O=C1NC(=O)[C@@]2(c3cc(F)cc(C(F)(F)F)c3)C[C@@H]12. The van der Waals surface area contributed by atoms with Crippen molar-refractivity contribution in [2.45, 2.75) is 18.0 Å². The summed E-state index contributed by atoms with van der Waals surface area (Å²) in [6, 6.07) is 1.99. The van der Waals surface area contributed by atoms with Crippen molar-refractivity contribution >= 4 is 11.8 Å². The summed E-state index contributed by atoms with van der Waals surface area (Å²) in [4.78, 5) is 23.0. The quantitative estimate of drug-likeness (QED) is 0.626. The van der Waals surface area contributed by atoms with E-state index in [9.17, 15) is 27.2 Å². The van der Waals surface area contributed by atoms with Crippen LogP contribution in [0.3, 0.4) is 0 Å². The van der Waals surface area contributed by atoms with Gasteiger partial charge in [-0.25, -0.2) is 4.39 Å². The monoisotopic (exact) mass is 273 g/mol. The van der Waals surface area contributed by atoms with Gasteiger partial charge in [0.1, 0.15) is 5.82 Å². The minimum atomic E-state index is -4.70. The Balaban J connectivity index is 2.11. The van der Waals surface area contributed by atoms with Crippen LogP contribution in [0.4, 0.5) is 17.6 Å². The molecule has 1 heterocycles. The molecule has 7 heteroatoms. The first-order chi connectivity index (χ1) is 8.75. The van der Waals surface area contributed by atoms with E-state index in [4.69, 9.17) is 0 Å². The normalized spacial score (nSPS) is 29.2. The fourth-order valence-electron chi connectivity index (χ4n) is 2.60. The minimum absolute atomic E-state index is 0.0897. The fraction of sp³-hybridized carbons (Fsp3) is 0.333. The highest BCUT2D eigenvalue weighted by Crippen LogP contribution is 2.58. The van der Waals surface area contributed by atoms with Gasteiger partial charge in [0.15, 0.2) is 0 Å². The van der Waals surface area contributed by atoms with E-state index in [1.54, 1.807) is 0 Å². The second-order valence-corrected chi connectivity index (χ2v) is 4.77. The van der Waals surface area contributed by atoms with Crippen LogP contribution >= 0.6 is 0 Å². The Labute approximate surface area is 104 Å². The molecular formula is C12H7F4NO2. The number of hydrogen-bond donors (Lipinski definition) is 1. The van der Waals surface area contributed by atoms with Gasteiger partial charge in [0.25, 0.3) is 0 Å². The lowest BCUT2D eigenvalue weighted by atomic mass is 9.92.